The van der Waals surface area contributed by atoms with Gasteiger partial charge in [-0.15, -0.1) is 0 Å². The summed E-state index contributed by atoms with van der Waals surface area (Å²) in [7, 11) is 0. The molecule has 4 aromatic rings. The Hall–Kier alpha value is -3.93. The molecular formula is C36H40O9. The third-order valence-electron chi connectivity index (χ3n) is 7.75. The van der Waals surface area contributed by atoms with E-state index in [1.807, 2.05) is 84.9 Å². The van der Waals surface area contributed by atoms with Gasteiger partial charge >= 0.3 is 5.97 Å². The summed E-state index contributed by atoms with van der Waals surface area (Å²) in [5.41, 5.74) is 3.69. The van der Waals surface area contributed by atoms with E-state index in [1.54, 1.807) is 0 Å². The highest BCUT2D eigenvalue weighted by Gasteiger charge is 2.44. The molecule has 1 aliphatic heterocycles. The summed E-state index contributed by atoms with van der Waals surface area (Å²) in [6.45, 7) is -0.273. The molecule has 0 aliphatic carbocycles. The van der Waals surface area contributed by atoms with Crippen LogP contribution in [-0.4, -0.2) is 69.0 Å². The van der Waals surface area contributed by atoms with Crippen LogP contribution in [0.1, 0.15) is 22.3 Å². The molecule has 238 valence electrons. The lowest BCUT2D eigenvalue weighted by Gasteiger charge is -2.37. The van der Waals surface area contributed by atoms with E-state index >= 15 is 0 Å². The third kappa shape index (κ3) is 9.53. The van der Waals surface area contributed by atoms with Crippen molar-refractivity contribution < 1.29 is 44.8 Å². The van der Waals surface area contributed by atoms with Crippen molar-refractivity contribution in [3.8, 4) is 0 Å². The van der Waals surface area contributed by atoms with E-state index in [4.69, 9.17) is 30.1 Å². The van der Waals surface area contributed by atoms with Gasteiger partial charge in [0.2, 0.25) is 6.29 Å². The summed E-state index contributed by atoms with van der Waals surface area (Å²) in [6, 6.07) is 40.6. The second kappa shape index (κ2) is 17.0. The Morgan fingerprint density at radius 3 is 1.40 bits per heavy atom. The largest absolute Gasteiger partial charge is 0.460 e. The Kier molecular flexibility index (Phi) is 12.8. The molecule has 0 aromatic heterocycles. The molecule has 1 aliphatic rings. The van der Waals surface area contributed by atoms with Crippen LogP contribution in [0.25, 0.3) is 0 Å². The van der Waals surface area contributed by atoms with Crippen molar-refractivity contribution >= 4 is 5.97 Å². The number of carbonyl (C=O) groups excluding carboxylic acids is 1. The summed E-state index contributed by atoms with van der Waals surface area (Å²) in [5, 5.41) is 44.4. The van der Waals surface area contributed by atoms with Crippen LogP contribution in [0.5, 0.6) is 0 Å². The molecule has 9 nitrogen and oxygen atoms in total. The lowest BCUT2D eigenvalue weighted by molar-refractivity contribution is -0.404. The Morgan fingerprint density at radius 2 is 1.02 bits per heavy atom. The molecule has 1 saturated heterocycles. The van der Waals surface area contributed by atoms with Crippen molar-refractivity contribution in [2.24, 2.45) is 5.41 Å². The van der Waals surface area contributed by atoms with Gasteiger partial charge in [-0.25, -0.2) is 10.1 Å². The van der Waals surface area contributed by atoms with Crippen molar-refractivity contribution in [3.05, 3.63) is 144 Å². The zero-order chi connectivity index (χ0) is 32.1. The zero-order valence-corrected chi connectivity index (χ0v) is 24.8. The predicted molar refractivity (Wildman–Crippen MR) is 167 cm³/mol. The average molecular weight is 617 g/mol. The monoisotopic (exact) mass is 616 g/mol. The average Bonchev–Trinajstić information content (AvgIpc) is 3.08. The molecule has 5 atom stereocenters. The van der Waals surface area contributed by atoms with E-state index in [0.29, 0.717) is 19.3 Å². The highest BCUT2D eigenvalue weighted by Crippen LogP contribution is 2.34. The number of hydrogen-bond acceptors (Lipinski definition) is 9. The molecule has 1 heterocycles. The van der Waals surface area contributed by atoms with Crippen molar-refractivity contribution in [1.82, 2.24) is 0 Å². The maximum atomic E-state index is 13.8. The molecular weight excluding hydrogens is 576 g/mol. The van der Waals surface area contributed by atoms with E-state index in [1.165, 1.54) is 0 Å². The van der Waals surface area contributed by atoms with Gasteiger partial charge in [0.15, 0.2) is 0 Å². The van der Waals surface area contributed by atoms with Gasteiger partial charge in [-0.3, -0.25) is 4.79 Å². The number of aliphatic hydroxyl groups excluding tert-OH is 4. The summed E-state index contributed by atoms with van der Waals surface area (Å²) >= 11 is 0. The van der Waals surface area contributed by atoms with Crippen LogP contribution in [0, 0.1) is 5.41 Å². The second-order valence-electron chi connectivity index (χ2n) is 11.1. The lowest BCUT2D eigenvalue weighted by Crippen LogP contribution is -2.58. The van der Waals surface area contributed by atoms with Gasteiger partial charge in [0.25, 0.3) is 0 Å². The number of esters is 1. The fourth-order valence-electron chi connectivity index (χ4n) is 5.39. The van der Waals surface area contributed by atoms with Crippen LogP contribution in [0.15, 0.2) is 121 Å². The van der Waals surface area contributed by atoms with Gasteiger partial charge in [0.05, 0.1) is 12.0 Å². The van der Waals surface area contributed by atoms with Gasteiger partial charge in [-0.2, -0.15) is 0 Å². The van der Waals surface area contributed by atoms with E-state index in [-0.39, 0.29) is 12.6 Å². The first-order valence-corrected chi connectivity index (χ1v) is 14.8. The summed E-state index contributed by atoms with van der Waals surface area (Å²) in [4.78, 5) is 17.5. The van der Waals surface area contributed by atoms with Crippen LogP contribution < -0.4 is 0 Å². The quantitative estimate of drug-likeness (QED) is 0.0967. The third-order valence-corrected chi connectivity index (χ3v) is 7.75. The minimum Gasteiger partial charge on any atom is -0.460 e. The Labute approximate surface area is 262 Å². The van der Waals surface area contributed by atoms with Crippen molar-refractivity contribution in [2.75, 3.05) is 6.61 Å². The van der Waals surface area contributed by atoms with E-state index < -0.39 is 42.7 Å². The minimum absolute atomic E-state index is 0.155. The first kappa shape index (κ1) is 34.0. The summed E-state index contributed by atoms with van der Waals surface area (Å²) in [6.07, 6.45) is -5.19. The smallest absolute Gasteiger partial charge is 0.313 e. The zero-order valence-electron chi connectivity index (χ0n) is 24.8. The molecule has 5 rings (SSSR count). The number of benzene rings is 4. The van der Waals surface area contributed by atoms with Gasteiger partial charge in [-0.1, -0.05) is 121 Å². The standard InChI is InChI=1S/C30H28O2.C6H12O7/c31-29(32-24-28-19-11-4-12-20-28)30(21-25-13-5-1-6-14-25,22-26-15-7-2-8-16-26)23-27-17-9-3-10-18-27;7-1-2-3(8)4(9)5(10)6(12-2)13-11/h1-20H,21-24H2;2-11H,1H2/t;2-,3-,4+,5+,6?/m.1/s1. The van der Waals surface area contributed by atoms with E-state index in [2.05, 4.69) is 41.3 Å². The SMILES string of the molecule is O=C(OCc1ccccc1)C(Cc1ccccc1)(Cc1ccccc1)Cc1ccccc1.OC[C@H]1OC(OO)[C@@H](O)[C@@H](O)[C@@H]1O. The fourth-order valence-corrected chi connectivity index (χ4v) is 5.39. The highest BCUT2D eigenvalue weighted by molar-refractivity contribution is 5.78. The van der Waals surface area contributed by atoms with Crippen LogP contribution in [-0.2, 0) is 45.0 Å². The molecule has 0 spiro atoms. The molecule has 45 heavy (non-hydrogen) atoms. The summed E-state index contributed by atoms with van der Waals surface area (Å²) < 4.78 is 10.7. The maximum Gasteiger partial charge on any atom is 0.313 e. The predicted octanol–water partition coefficient (Wildman–Crippen LogP) is 3.72. The van der Waals surface area contributed by atoms with Gasteiger partial charge in [0, 0.05) is 0 Å². The number of aliphatic hydroxyl groups is 4. The van der Waals surface area contributed by atoms with Crippen LogP contribution in [0.2, 0.25) is 0 Å². The van der Waals surface area contributed by atoms with E-state index in [9.17, 15) is 9.90 Å². The first-order valence-electron chi connectivity index (χ1n) is 14.8. The van der Waals surface area contributed by atoms with Crippen LogP contribution in [0.3, 0.4) is 0 Å². The maximum absolute atomic E-state index is 13.8. The minimum atomic E-state index is -1.55. The molecule has 0 radical (unpaired) electrons. The molecule has 0 bridgehead atoms. The Balaban J connectivity index is 0.000000297. The Morgan fingerprint density at radius 1 is 0.622 bits per heavy atom. The molecule has 1 fully saturated rings. The molecule has 9 heteroatoms. The van der Waals surface area contributed by atoms with Crippen LogP contribution in [0.4, 0.5) is 0 Å². The molecule has 0 amide bonds. The Bertz CT molecular complexity index is 1280. The number of rotatable bonds is 11. The van der Waals surface area contributed by atoms with Gasteiger partial charge in [0.1, 0.15) is 31.0 Å². The van der Waals surface area contributed by atoms with Crippen LogP contribution >= 0.6 is 0 Å². The van der Waals surface area contributed by atoms with Crippen molar-refractivity contribution in [3.63, 3.8) is 0 Å². The van der Waals surface area contributed by atoms with Gasteiger partial charge < -0.3 is 29.9 Å². The lowest BCUT2D eigenvalue weighted by atomic mass is 9.72. The van der Waals surface area contributed by atoms with Crippen molar-refractivity contribution in [2.45, 2.75) is 56.6 Å². The summed E-state index contributed by atoms with van der Waals surface area (Å²) in [5.74, 6) is -0.155. The number of carbonyl (C=O) groups is 1. The molecule has 4 aromatic carbocycles. The van der Waals surface area contributed by atoms with E-state index in [0.717, 1.165) is 22.3 Å². The second-order valence-corrected chi connectivity index (χ2v) is 11.1. The fraction of sp³-hybridized carbons (Fsp3) is 0.306. The normalized spacial score (nSPS) is 21.3. The molecule has 5 N–H and O–H groups in total. The first-order chi connectivity index (χ1) is 21.8. The number of hydrogen-bond donors (Lipinski definition) is 5. The number of ether oxygens (including phenoxy) is 2. The molecule has 0 saturated carbocycles. The topological polar surface area (TPSA) is 146 Å². The van der Waals surface area contributed by atoms with Crippen molar-refractivity contribution in [1.29, 1.82) is 0 Å². The molecule has 1 unspecified atom stereocenters. The van der Waals surface area contributed by atoms with Gasteiger partial charge in [-0.05, 0) is 41.5 Å². The highest BCUT2D eigenvalue weighted by atomic mass is 17.1.